The molecule has 8 nitrogen and oxygen atoms in total. The number of nitrogens with zero attached hydrogens (tertiary/aromatic N) is 1. The molecule has 0 saturated heterocycles. The van der Waals surface area contributed by atoms with Crippen molar-refractivity contribution in [1.82, 2.24) is 4.98 Å². The van der Waals surface area contributed by atoms with Crippen LogP contribution in [0, 0.1) is 6.92 Å². The second-order valence-electron chi connectivity index (χ2n) is 8.52. The molecule has 4 rings (SSSR count). The summed E-state index contributed by atoms with van der Waals surface area (Å²) >= 11 is 0. The molecule has 0 aliphatic heterocycles. The number of hydrogen-bond acceptors (Lipinski definition) is 7. The zero-order chi connectivity index (χ0) is 27.3. The van der Waals surface area contributed by atoms with Crippen LogP contribution in [0.4, 0.5) is 5.69 Å². The second kappa shape index (κ2) is 11.3. The van der Waals surface area contributed by atoms with E-state index < -0.39 is 15.8 Å². The van der Waals surface area contributed by atoms with Crippen molar-refractivity contribution >= 4 is 27.4 Å². The average Bonchev–Trinajstić information content (AvgIpc) is 2.94. The predicted octanol–water partition coefficient (Wildman–Crippen LogP) is 5.08. The van der Waals surface area contributed by atoms with Crippen LogP contribution in [-0.2, 0) is 20.3 Å². The molecule has 0 spiro atoms. The minimum Gasteiger partial charge on any atom is -0.497 e. The third kappa shape index (κ3) is 6.07. The molecule has 0 radical (unpaired) electrons. The molecule has 0 aliphatic rings. The van der Waals surface area contributed by atoms with Crippen molar-refractivity contribution in [2.75, 3.05) is 19.5 Å². The van der Waals surface area contributed by atoms with Crippen molar-refractivity contribution in [2.24, 2.45) is 0 Å². The number of aromatic nitrogens is 1. The van der Waals surface area contributed by atoms with Crippen LogP contribution in [0.25, 0.3) is 11.1 Å². The number of rotatable bonds is 8. The van der Waals surface area contributed by atoms with E-state index in [0.717, 1.165) is 5.56 Å². The molecule has 3 aromatic carbocycles. The van der Waals surface area contributed by atoms with Crippen LogP contribution >= 0.6 is 0 Å². The van der Waals surface area contributed by atoms with Gasteiger partial charge in [0.2, 0.25) is 0 Å². The first-order valence-corrected chi connectivity index (χ1v) is 13.3. The van der Waals surface area contributed by atoms with Crippen molar-refractivity contribution in [1.29, 1.82) is 0 Å². The van der Waals surface area contributed by atoms with Gasteiger partial charge in [-0.2, -0.15) is 0 Å². The van der Waals surface area contributed by atoms with Crippen molar-refractivity contribution in [3.63, 3.8) is 0 Å². The van der Waals surface area contributed by atoms with Crippen LogP contribution in [-0.4, -0.2) is 39.5 Å². The van der Waals surface area contributed by atoms with Gasteiger partial charge in [0.1, 0.15) is 5.75 Å². The molecule has 0 bridgehead atoms. The molecule has 1 amide bonds. The van der Waals surface area contributed by atoms with E-state index in [0.29, 0.717) is 39.4 Å². The predicted molar refractivity (Wildman–Crippen MR) is 144 cm³/mol. The zero-order valence-corrected chi connectivity index (χ0v) is 21.9. The van der Waals surface area contributed by atoms with Crippen LogP contribution in [0.5, 0.6) is 5.75 Å². The number of amides is 1. The van der Waals surface area contributed by atoms with Gasteiger partial charge in [-0.05, 0) is 72.6 Å². The Hall–Kier alpha value is -4.50. The minimum atomic E-state index is -3.54. The number of anilines is 1. The summed E-state index contributed by atoms with van der Waals surface area (Å²) in [6, 6.07) is 21.5. The molecule has 4 aromatic rings. The number of benzene rings is 3. The first kappa shape index (κ1) is 26.6. The quantitative estimate of drug-likeness (QED) is 0.316. The Balaban J connectivity index is 1.46. The highest BCUT2D eigenvalue weighted by molar-refractivity contribution is 7.90. The number of carbonyl (C=O) groups is 2. The second-order valence-corrected chi connectivity index (χ2v) is 10.5. The SMILES string of the molecule is COC(=O)c1cc(-c2cccc(C(=O)Nc3ccc(CS(=O)(=O)c4ccc(OC)cc4)cc3)c2)cnc1C. The number of sulfone groups is 1. The maximum absolute atomic E-state index is 12.9. The molecule has 1 heterocycles. The lowest BCUT2D eigenvalue weighted by molar-refractivity contribution is 0.0599. The Labute approximate surface area is 221 Å². The average molecular weight is 531 g/mol. The number of aryl methyl sites for hydroxylation is 1. The van der Waals surface area contributed by atoms with Gasteiger partial charge in [-0.25, -0.2) is 13.2 Å². The first-order valence-electron chi connectivity index (χ1n) is 11.6. The Kier molecular flexibility index (Phi) is 7.87. The summed E-state index contributed by atoms with van der Waals surface area (Å²) in [4.78, 5) is 29.4. The summed E-state index contributed by atoms with van der Waals surface area (Å²) in [5.74, 6) is -0.408. The molecule has 0 atom stereocenters. The van der Waals surface area contributed by atoms with E-state index in [1.165, 1.54) is 26.4 Å². The number of nitrogens with one attached hydrogen (secondary N) is 1. The zero-order valence-electron chi connectivity index (χ0n) is 21.1. The number of methoxy groups -OCH3 is 2. The Bertz CT molecular complexity index is 1580. The van der Waals surface area contributed by atoms with Gasteiger partial charge in [0.25, 0.3) is 5.91 Å². The standard InChI is InChI=1S/C29H26N2O6S/c1-19-27(29(33)37-3)16-23(17-30-19)21-5-4-6-22(15-21)28(32)31-24-9-7-20(8-10-24)18-38(34,35)26-13-11-25(36-2)12-14-26/h4-17H,18H2,1-3H3,(H,31,32). The number of ether oxygens (including phenoxy) is 2. The van der Waals surface area contributed by atoms with E-state index in [4.69, 9.17) is 9.47 Å². The largest absolute Gasteiger partial charge is 0.497 e. The summed E-state index contributed by atoms with van der Waals surface area (Å²) in [7, 11) is -0.709. The van der Waals surface area contributed by atoms with Gasteiger partial charge in [0, 0.05) is 23.0 Å². The van der Waals surface area contributed by atoms with Gasteiger partial charge in [-0.3, -0.25) is 9.78 Å². The topological polar surface area (TPSA) is 112 Å². The first-order chi connectivity index (χ1) is 18.2. The molecule has 0 unspecified atom stereocenters. The molecule has 0 aliphatic carbocycles. The van der Waals surface area contributed by atoms with Gasteiger partial charge >= 0.3 is 5.97 Å². The van der Waals surface area contributed by atoms with Crippen LogP contribution in [0.3, 0.4) is 0 Å². The summed E-state index contributed by atoms with van der Waals surface area (Å²) in [6.45, 7) is 1.72. The number of hydrogen-bond donors (Lipinski definition) is 1. The highest BCUT2D eigenvalue weighted by Gasteiger charge is 2.16. The van der Waals surface area contributed by atoms with E-state index in [9.17, 15) is 18.0 Å². The fourth-order valence-electron chi connectivity index (χ4n) is 3.82. The summed E-state index contributed by atoms with van der Waals surface area (Å²) in [5.41, 5.74) is 3.82. The van der Waals surface area contributed by atoms with Gasteiger partial charge in [-0.1, -0.05) is 24.3 Å². The molecule has 0 saturated carbocycles. The maximum Gasteiger partial charge on any atom is 0.339 e. The lowest BCUT2D eigenvalue weighted by Gasteiger charge is -2.10. The van der Waals surface area contributed by atoms with E-state index >= 15 is 0 Å². The van der Waals surface area contributed by atoms with Crippen LogP contribution < -0.4 is 10.1 Å². The summed E-state index contributed by atoms with van der Waals surface area (Å²) in [5, 5.41) is 2.83. The number of carbonyl (C=O) groups excluding carboxylic acids is 2. The molecule has 9 heteroatoms. The number of esters is 1. The Morgan fingerprint density at radius 3 is 2.26 bits per heavy atom. The van der Waals surface area contributed by atoms with Crippen LogP contribution in [0.2, 0.25) is 0 Å². The normalized spacial score (nSPS) is 11.0. The Morgan fingerprint density at radius 2 is 1.61 bits per heavy atom. The van der Waals surface area contributed by atoms with Crippen molar-refractivity contribution in [3.05, 3.63) is 107 Å². The number of pyridine rings is 1. The molecule has 1 aromatic heterocycles. The van der Waals surface area contributed by atoms with Gasteiger partial charge in [0.15, 0.2) is 9.84 Å². The third-order valence-electron chi connectivity index (χ3n) is 5.94. The lowest BCUT2D eigenvalue weighted by Crippen LogP contribution is -2.12. The van der Waals surface area contributed by atoms with Gasteiger partial charge in [-0.15, -0.1) is 0 Å². The van der Waals surface area contributed by atoms with Crippen LogP contribution in [0.15, 0.2) is 90.0 Å². The van der Waals surface area contributed by atoms with Crippen molar-refractivity contribution in [3.8, 4) is 16.9 Å². The third-order valence-corrected chi connectivity index (χ3v) is 7.64. The highest BCUT2D eigenvalue weighted by Crippen LogP contribution is 2.24. The maximum atomic E-state index is 12.9. The monoisotopic (exact) mass is 530 g/mol. The van der Waals surface area contributed by atoms with Crippen LogP contribution in [0.1, 0.15) is 32.0 Å². The molecule has 0 fully saturated rings. The molecular weight excluding hydrogens is 504 g/mol. The fraction of sp³-hybridized carbons (Fsp3) is 0.138. The summed E-state index contributed by atoms with van der Waals surface area (Å²) < 4.78 is 35.4. The fourth-order valence-corrected chi connectivity index (χ4v) is 5.17. The van der Waals surface area contributed by atoms with Gasteiger partial charge in [0.05, 0.1) is 36.1 Å². The minimum absolute atomic E-state index is 0.173. The van der Waals surface area contributed by atoms with Gasteiger partial charge < -0.3 is 14.8 Å². The highest BCUT2D eigenvalue weighted by atomic mass is 32.2. The molecule has 38 heavy (non-hydrogen) atoms. The van der Waals surface area contributed by atoms with E-state index in [-0.39, 0.29) is 16.6 Å². The molecule has 1 N–H and O–H groups in total. The molecular formula is C29H26N2O6S. The van der Waals surface area contributed by atoms with E-state index in [2.05, 4.69) is 10.3 Å². The smallest absolute Gasteiger partial charge is 0.339 e. The summed E-state index contributed by atoms with van der Waals surface area (Å²) in [6.07, 6.45) is 1.64. The lowest BCUT2D eigenvalue weighted by atomic mass is 10.0. The molecule has 194 valence electrons. The van der Waals surface area contributed by atoms with E-state index in [1.807, 2.05) is 6.07 Å². The van der Waals surface area contributed by atoms with Crippen molar-refractivity contribution in [2.45, 2.75) is 17.6 Å². The Morgan fingerprint density at radius 1 is 0.895 bits per heavy atom. The van der Waals surface area contributed by atoms with Crippen molar-refractivity contribution < 1.29 is 27.5 Å². The van der Waals surface area contributed by atoms with E-state index in [1.54, 1.807) is 73.8 Å².